The largest absolute Gasteiger partial charge is 0.324 e. The molecule has 0 radical (unpaired) electrons. The van der Waals surface area contributed by atoms with Crippen LogP contribution >= 0.6 is 0 Å². The van der Waals surface area contributed by atoms with E-state index in [0.717, 1.165) is 23.1 Å². The monoisotopic (exact) mass is 243 g/mol. The molecule has 0 aromatic heterocycles. The third-order valence-electron chi connectivity index (χ3n) is 3.15. The second-order valence-electron chi connectivity index (χ2n) is 4.65. The number of rotatable bonds is 4. The lowest BCUT2D eigenvalue weighted by Crippen LogP contribution is -2.11. The quantitative estimate of drug-likeness (QED) is 0.869. The van der Waals surface area contributed by atoms with Gasteiger partial charge in [-0.15, -0.1) is 0 Å². The van der Waals surface area contributed by atoms with E-state index in [-0.39, 0.29) is 11.9 Å². The SMILES string of the molecule is Cc1ccc(F)c(CCC(N)c2ccccc2)c1. The maximum absolute atomic E-state index is 13.6. The first kappa shape index (κ1) is 12.8. The summed E-state index contributed by atoms with van der Waals surface area (Å²) in [4.78, 5) is 0. The van der Waals surface area contributed by atoms with Crippen LogP contribution in [0.25, 0.3) is 0 Å². The van der Waals surface area contributed by atoms with Crippen LogP contribution in [0.4, 0.5) is 4.39 Å². The molecule has 0 aliphatic heterocycles. The van der Waals surface area contributed by atoms with E-state index >= 15 is 0 Å². The molecule has 18 heavy (non-hydrogen) atoms. The van der Waals surface area contributed by atoms with Crippen LogP contribution in [-0.2, 0) is 6.42 Å². The van der Waals surface area contributed by atoms with Gasteiger partial charge in [0, 0.05) is 6.04 Å². The Balaban J connectivity index is 2.01. The Morgan fingerprint density at radius 2 is 1.83 bits per heavy atom. The number of halogens is 1. The third-order valence-corrected chi connectivity index (χ3v) is 3.15. The fourth-order valence-corrected chi connectivity index (χ4v) is 2.07. The first-order valence-electron chi connectivity index (χ1n) is 6.22. The Hall–Kier alpha value is -1.67. The van der Waals surface area contributed by atoms with Crippen molar-refractivity contribution in [3.63, 3.8) is 0 Å². The summed E-state index contributed by atoms with van der Waals surface area (Å²) in [6, 6.07) is 15.1. The van der Waals surface area contributed by atoms with E-state index in [1.54, 1.807) is 6.07 Å². The minimum absolute atomic E-state index is 0.0360. The van der Waals surface area contributed by atoms with Gasteiger partial charge in [0.25, 0.3) is 0 Å². The van der Waals surface area contributed by atoms with Crippen LogP contribution in [0.5, 0.6) is 0 Å². The molecule has 1 atom stereocenters. The van der Waals surface area contributed by atoms with Gasteiger partial charge in [-0.1, -0.05) is 48.0 Å². The van der Waals surface area contributed by atoms with Crippen LogP contribution in [-0.4, -0.2) is 0 Å². The van der Waals surface area contributed by atoms with Crippen LogP contribution in [0.15, 0.2) is 48.5 Å². The summed E-state index contributed by atoms with van der Waals surface area (Å²) < 4.78 is 13.6. The molecule has 2 rings (SSSR count). The normalized spacial score (nSPS) is 12.4. The Morgan fingerprint density at radius 1 is 1.11 bits per heavy atom. The van der Waals surface area contributed by atoms with E-state index < -0.39 is 0 Å². The molecule has 0 aliphatic rings. The van der Waals surface area contributed by atoms with E-state index in [0.29, 0.717) is 6.42 Å². The number of nitrogens with two attached hydrogens (primary N) is 1. The van der Waals surface area contributed by atoms with Crippen molar-refractivity contribution in [1.29, 1.82) is 0 Å². The standard InChI is InChI=1S/C16H18FN/c1-12-7-9-15(17)14(11-12)8-10-16(18)13-5-3-2-4-6-13/h2-7,9,11,16H,8,10,18H2,1H3. The number of aryl methyl sites for hydroxylation is 2. The van der Waals surface area contributed by atoms with Gasteiger partial charge in [0.15, 0.2) is 0 Å². The van der Waals surface area contributed by atoms with Gasteiger partial charge < -0.3 is 5.73 Å². The van der Waals surface area contributed by atoms with Crippen molar-refractivity contribution >= 4 is 0 Å². The van der Waals surface area contributed by atoms with Gasteiger partial charge in [0.2, 0.25) is 0 Å². The molecule has 1 nitrogen and oxygen atoms in total. The van der Waals surface area contributed by atoms with Gasteiger partial charge in [0.05, 0.1) is 0 Å². The molecule has 2 N–H and O–H groups in total. The van der Waals surface area contributed by atoms with Crippen molar-refractivity contribution in [2.45, 2.75) is 25.8 Å². The van der Waals surface area contributed by atoms with Gasteiger partial charge in [-0.2, -0.15) is 0 Å². The lowest BCUT2D eigenvalue weighted by molar-refractivity contribution is 0.586. The van der Waals surface area contributed by atoms with Gasteiger partial charge >= 0.3 is 0 Å². The summed E-state index contributed by atoms with van der Waals surface area (Å²) in [5.41, 5.74) is 9.05. The molecular formula is C16H18FN. The van der Waals surface area contributed by atoms with Gasteiger partial charge in [-0.05, 0) is 37.0 Å². The summed E-state index contributed by atoms with van der Waals surface area (Å²) in [5.74, 6) is -0.138. The second-order valence-corrected chi connectivity index (χ2v) is 4.65. The molecule has 0 fully saturated rings. The molecule has 0 spiro atoms. The van der Waals surface area contributed by atoms with Crippen molar-refractivity contribution < 1.29 is 4.39 Å². The number of hydrogen-bond acceptors (Lipinski definition) is 1. The molecule has 0 heterocycles. The average Bonchev–Trinajstić information content (AvgIpc) is 2.40. The predicted molar refractivity (Wildman–Crippen MR) is 72.8 cm³/mol. The van der Waals surface area contributed by atoms with Crippen LogP contribution < -0.4 is 5.73 Å². The highest BCUT2D eigenvalue weighted by atomic mass is 19.1. The fraction of sp³-hybridized carbons (Fsp3) is 0.250. The van der Waals surface area contributed by atoms with Crippen LogP contribution in [0.3, 0.4) is 0 Å². The summed E-state index contributed by atoms with van der Waals surface area (Å²) >= 11 is 0. The van der Waals surface area contributed by atoms with Gasteiger partial charge in [-0.3, -0.25) is 0 Å². The third kappa shape index (κ3) is 3.17. The minimum Gasteiger partial charge on any atom is -0.324 e. The Labute approximate surface area is 107 Å². The molecule has 0 saturated carbocycles. The van der Waals surface area contributed by atoms with Crippen LogP contribution in [0.2, 0.25) is 0 Å². The number of benzene rings is 2. The molecule has 0 aliphatic carbocycles. The lowest BCUT2D eigenvalue weighted by Gasteiger charge is -2.12. The molecule has 0 amide bonds. The Bertz CT molecular complexity index is 508. The minimum atomic E-state index is -0.138. The summed E-state index contributed by atoms with van der Waals surface area (Å²) in [7, 11) is 0. The molecule has 0 bridgehead atoms. The smallest absolute Gasteiger partial charge is 0.126 e. The van der Waals surface area contributed by atoms with E-state index in [4.69, 9.17) is 5.73 Å². The maximum Gasteiger partial charge on any atom is 0.126 e. The highest BCUT2D eigenvalue weighted by molar-refractivity contribution is 5.25. The van der Waals surface area contributed by atoms with E-state index in [1.165, 1.54) is 6.07 Å². The van der Waals surface area contributed by atoms with Crippen LogP contribution in [0.1, 0.15) is 29.2 Å². The summed E-state index contributed by atoms with van der Waals surface area (Å²) in [6.07, 6.45) is 1.42. The zero-order valence-corrected chi connectivity index (χ0v) is 10.6. The van der Waals surface area contributed by atoms with Crippen LogP contribution in [0, 0.1) is 12.7 Å². The number of hydrogen-bond donors (Lipinski definition) is 1. The lowest BCUT2D eigenvalue weighted by atomic mass is 9.99. The highest BCUT2D eigenvalue weighted by Gasteiger charge is 2.08. The molecule has 0 saturated heterocycles. The first-order valence-corrected chi connectivity index (χ1v) is 6.22. The Morgan fingerprint density at radius 3 is 2.56 bits per heavy atom. The summed E-state index contributed by atoms with van der Waals surface area (Å²) in [5, 5.41) is 0. The van der Waals surface area contributed by atoms with Crippen molar-refractivity contribution in [2.75, 3.05) is 0 Å². The fourth-order valence-electron chi connectivity index (χ4n) is 2.07. The maximum atomic E-state index is 13.6. The topological polar surface area (TPSA) is 26.0 Å². The van der Waals surface area contributed by atoms with E-state index in [1.807, 2.05) is 43.3 Å². The zero-order valence-electron chi connectivity index (χ0n) is 10.6. The summed E-state index contributed by atoms with van der Waals surface area (Å²) in [6.45, 7) is 1.97. The van der Waals surface area contributed by atoms with Gasteiger partial charge in [0.1, 0.15) is 5.82 Å². The Kier molecular flexibility index (Phi) is 4.11. The van der Waals surface area contributed by atoms with Crippen molar-refractivity contribution in [3.05, 3.63) is 71.0 Å². The second kappa shape index (κ2) is 5.78. The van der Waals surface area contributed by atoms with Crippen molar-refractivity contribution in [1.82, 2.24) is 0 Å². The zero-order chi connectivity index (χ0) is 13.0. The van der Waals surface area contributed by atoms with Crippen molar-refractivity contribution in [2.24, 2.45) is 5.73 Å². The molecule has 2 aromatic rings. The first-order chi connectivity index (χ1) is 8.66. The average molecular weight is 243 g/mol. The highest BCUT2D eigenvalue weighted by Crippen LogP contribution is 2.18. The molecule has 1 unspecified atom stereocenters. The van der Waals surface area contributed by atoms with Crippen molar-refractivity contribution in [3.8, 4) is 0 Å². The molecule has 2 heteroatoms. The molecule has 94 valence electrons. The predicted octanol–water partition coefficient (Wildman–Crippen LogP) is 3.77. The van der Waals surface area contributed by atoms with E-state index in [2.05, 4.69) is 0 Å². The molecular weight excluding hydrogens is 225 g/mol. The molecule has 2 aromatic carbocycles. The van der Waals surface area contributed by atoms with E-state index in [9.17, 15) is 4.39 Å². The van der Waals surface area contributed by atoms with Gasteiger partial charge in [-0.25, -0.2) is 4.39 Å².